The van der Waals surface area contributed by atoms with Crippen molar-refractivity contribution in [3.05, 3.63) is 32.8 Å². The average molecular weight is 417 g/mol. The van der Waals surface area contributed by atoms with Crippen LogP contribution in [0, 0.1) is 0 Å². The molecule has 0 saturated heterocycles. The number of carbonyl (C=O) groups excluding carboxylic acids is 1. The summed E-state index contributed by atoms with van der Waals surface area (Å²) in [5.74, 6) is 1.11. The first-order valence-corrected chi connectivity index (χ1v) is 7.72. The highest BCUT2D eigenvalue weighted by Crippen LogP contribution is 2.36. The fraction of sp³-hybridized carbons (Fsp3) is 0.231. The van der Waals surface area contributed by atoms with Crippen molar-refractivity contribution in [2.45, 2.75) is 0 Å². The number of ether oxygens (including phenoxy) is 1. The SMILES string of the molecule is Cn1ncc2c1N(C(=O)c1cc(Br)c(O)c(Br)c1)CCO2. The number of nitrogens with zero attached hydrogens (tertiary/aromatic N) is 3. The van der Waals surface area contributed by atoms with Crippen molar-refractivity contribution in [3.63, 3.8) is 0 Å². The first kappa shape index (κ1) is 14.4. The first-order valence-electron chi connectivity index (χ1n) is 6.13. The van der Waals surface area contributed by atoms with Gasteiger partial charge in [-0.3, -0.25) is 9.69 Å². The van der Waals surface area contributed by atoms with Crippen molar-refractivity contribution in [2.75, 3.05) is 18.1 Å². The van der Waals surface area contributed by atoms with Gasteiger partial charge in [0.05, 0.1) is 21.7 Å². The van der Waals surface area contributed by atoms with Crippen LogP contribution in [0.15, 0.2) is 27.3 Å². The maximum atomic E-state index is 12.7. The highest BCUT2D eigenvalue weighted by Gasteiger charge is 2.28. The summed E-state index contributed by atoms with van der Waals surface area (Å²) in [6.45, 7) is 0.867. The Balaban J connectivity index is 2.02. The van der Waals surface area contributed by atoms with Crippen LogP contribution in [0.25, 0.3) is 0 Å². The zero-order chi connectivity index (χ0) is 15.1. The zero-order valence-electron chi connectivity index (χ0n) is 11.0. The summed E-state index contributed by atoms with van der Waals surface area (Å²) in [5, 5.41) is 13.9. The predicted molar refractivity (Wildman–Crippen MR) is 83.9 cm³/mol. The van der Waals surface area contributed by atoms with E-state index in [0.717, 1.165) is 0 Å². The minimum atomic E-state index is -0.176. The predicted octanol–water partition coefficient (Wildman–Crippen LogP) is 2.69. The van der Waals surface area contributed by atoms with E-state index in [4.69, 9.17) is 4.74 Å². The summed E-state index contributed by atoms with van der Waals surface area (Å²) < 4.78 is 8.01. The lowest BCUT2D eigenvalue weighted by Gasteiger charge is -2.27. The maximum Gasteiger partial charge on any atom is 0.259 e. The summed E-state index contributed by atoms with van der Waals surface area (Å²) in [5.41, 5.74) is 0.459. The lowest BCUT2D eigenvalue weighted by Crippen LogP contribution is -2.39. The van der Waals surface area contributed by atoms with Crippen LogP contribution in [0.4, 0.5) is 5.82 Å². The molecular formula is C13H11Br2N3O3. The quantitative estimate of drug-likeness (QED) is 0.775. The standard InChI is InChI=1S/C13H11Br2N3O3/c1-17-12-10(6-16-17)21-3-2-18(12)13(20)7-4-8(14)11(19)9(15)5-7/h4-6,19H,2-3H2,1H3. The molecule has 6 nitrogen and oxygen atoms in total. The molecular weight excluding hydrogens is 406 g/mol. The molecule has 1 aromatic carbocycles. The number of phenolic OH excluding ortho intramolecular Hbond substituents is 1. The third kappa shape index (κ3) is 2.42. The van der Waals surface area contributed by atoms with Crippen molar-refractivity contribution in [1.29, 1.82) is 0 Å². The number of aromatic hydroxyl groups is 1. The van der Waals surface area contributed by atoms with Crippen LogP contribution in [-0.2, 0) is 7.05 Å². The number of carbonyl (C=O) groups is 1. The van der Waals surface area contributed by atoms with Crippen molar-refractivity contribution in [3.8, 4) is 11.5 Å². The second-order valence-electron chi connectivity index (χ2n) is 4.55. The monoisotopic (exact) mass is 415 g/mol. The Morgan fingerprint density at radius 2 is 2.05 bits per heavy atom. The molecule has 1 amide bonds. The molecule has 1 aliphatic heterocycles. The number of halogens is 2. The lowest BCUT2D eigenvalue weighted by molar-refractivity contribution is 0.0974. The Bertz CT molecular complexity index is 706. The van der Waals surface area contributed by atoms with Crippen LogP contribution in [-0.4, -0.2) is 33.9 Å². The number of aryl methyl sites for hydroxylation is 1. The van der Waals surface area contributed by atoms with E-state index < -0.39 is 0 Å². The molecule has 0 aliphatic carbocycles. The van der Waals surface area contributed by atoms with Gasteiger partial charge in [0.2, 0.25) is 0 Å². The molecule has 0 atom stereocenters. The third-order valence-corrected chi connectivity index (χ3v) is 4.42. The van der Waals surface area contributed by atoms with E-state index in [1.165, 1.54) is 0 Å². The zero-order valence-corrected chi connectivity index (χ0v) is 14.2. The molecule has 0 unspecified atom stereocenters. The minimum Gasteiger partial charge on any atom is -0.506 e. The van der Waals surface area contributed by atoms with Crippen LogP contribution >= 0.6 is 31.9 Å². The van der Waals surface area contributed by atoms with Gasteiger partial charge in [-0.15, -0.1) is 0 Å². The van der Waals surface area contributed by atoms with Crippen molar-refractivity contribution in [1.82, 2.24) is 9.78 Å². The van der Waals surface area contributed by atoms with E-state index in [9.17, 15) is 9.90 Å². The summed E-state index contributed by atoms with van der Waals surface area (Å²) in [7, 11) is 1.76. The molecule has 0 radical (unpaired) electrons. The summed E-state index contributed by atoms with van der Waals surface area (Å²) in [6.07, 6.45) is 1.59. The highest BCUT2D eigenvalue weighted by atomic mass is 79.9. The van der Waals surface area contributed by atoms with Crippen LogP contribution in [0.2, 0.25) is 0 Å². The molecule has 1 N–H and O–H groups in total. The molecule has 3 rings (SSSR count). The topological polar surface area (TPSA) is 67.6 Å². The van der Waals surface area contributed by atoms with Crippen molar-refractivity contribution < 1.29 is 14.6 Å². The molecule has 0 bridgehead atoms. The Kier molecular flexibility index (Phi) is 3.66. The second-order valence-corrected chi connectivity index (χ2v) is 6.26. The van der Waals surface area contributed by atoms with E-state index in [0.29, 0.717) is 39.2 Å². The number of fused-ring (bicyclic) bond motifs is 1. The first-order chi connectivity index (χ1) is 9.99. The molecule has 110 valence electrons. The van der Waals surface area contributed by atoms with E-state index >= 15 is 0 Å². The van der Waals surface area contributed by atoms with Gasteiger partial charge in [0.25, 0.3) is 5.91 Å². The number of amides is 1. The number of hydrogen-bond donors (Lipinski definition) is 1. The number of rotatable bonds is 1. The van der Waals surface area contributed by atoms with E-state index in [1.54, 1.807) is 35.0 Å². The van der Waals surface area contributed by atoms with E-state index in [-0.39, 0.29) is 11.7 Å². The lowest BCUT2D eigenvalue weighted by atomic mass is 10.2. The number of phenols is 1. The fourth-order valence-electron chi connectivity index (χ4n) is 2.22. The van der Waals surface area contributed by atoms with Gasteiger partial charge in [-0.05, 0) is 44.0 Å². The molecule has 21 heavy (non-hydrogen) atoms. The van der Waals surface area contributed by atoms with Gasteiger partial charge < -0.3 is 9.84 Å². The van der Waals surface area contributed by atoms with Gasteiger partial charge in [-0.2, -0.15) is 5.10 Å². The van der Waals surface area contributed by atoms with Crippen LogP contribution < -0.4 is 9.64 Å². The maximum absolute atomic E-state index is 12.7. The molecule has 2 heterocycles. The molecule has 1 aromatic heterocycles. The average Bonchev–Trinajstić information content (AvgIpc) is 2.85. The van der Waals surface area contributed by atoms with Gasteiger partial charge in [-0.25, -0.2) is 4.68 Å². The van der Waals surface area contributed by atoms with Crippen molar-refractivity contribution in [2.24, 2.45) is 7.05 Å². The number of benzene rings is 1. The smallest absolute Gasteiger partial charge is 0.259 e. The molecule has 0 spiro atoms. The molecule has 8 heteroatoms. The van der Waals surface area contributed by atoms with E-state index in [2.05, 4.69) is 37.0 Å². The minimum absolute atomic E-state index is 0.0646. The van der Waals surface area contributed by atoms with Crippen LogP contribution in [0.5, 0.6) is 11.5 Å². The van der Waals surface area contributed by atoms with E-state index in [1.807, 2.05) is 0 Å². The van der Waals surface area contributed by atoms with Crippen molar-refractivity contribution >= 4 is 43.6 Å². The van der Waals surface area contributed by atoms with Gasteiger partial charge >= 0.3 is 0 Å². The molecule has 0 fully saturated rings. The van der Waals surface area contributed by atoms with Gasteiger partial charge in [0.15, 0.2) is 11.6 Å². The summed E-state index contributed by atoms with van der Waals surface area (Å²) in [6, 6.07) is 3.18. The Hall–Kier alpha value is -1.54. The molecule has 0 saturated carbocycles. The molecule has 2 aromatic rings. The third-order valence-electron chi connectivity index (χ3n) is 3.21. The van der Waals surface area contributed by atoms with Crippen LogP contribution in [0.1, 0.15) is 10.4 Å². The number of hydrogen-bond acceptors (Lipinski definition) is 4. The van der Waals surface area contributed by atoms with Gasteiger partial charge in [0, 0.05) is 12.6 Å². The van der Waals surface area contributed by atoms with Gasteiger partial charge in [0.1, 0.15) is 12.4 Å². The Morgan fingerprint density at radius 1 is 1.38 bits per heavy atom. The summed E-state index contributed by atoms with van der Waals surface area (Å²) >= 11 is 6.47. The molecule has 1 aliphatic rings. The number of anilines is 1. The fourth-order valence-corrected chi connectivity index (χ4v) is 3.40. The largest absolute Gasteiger partial charge is 0.506 e. The van der Waals surface area contributed by atoms with Gasteiger partial charge in [-0.1, -0.05) is 0 Å². The number of aromatic nitrogens is 2. The Labute approximate surface area is 137 Å². The van der Waals surface area contributed by atoms with Crippen LogP contribution in [0.3, 0.4) is 0 Å². The highest BCUT2D eigenvalue weighted by molar-refractivity contribution is 9.11. The normalized spacial score (nSPS) is 13.8. The second kappa shape index (κ2) is 5.34. The summed E-state index contributed by atoms with van der Waals surface area (Å²) in [4.78, 5) is 14.4. The Morgan fingerprint density at radius 3 is 2.71 bits per heavy atom.